The number of amidine groups is 1. The number of nitrogens with one attached hydrogen (secondary N) is 1. The van der Waals surface area contributed by atoms with Gasteiger partial charge in [0, 0.05) is 0 Å². The second kappa shape index (κ2) is 4.98. The van der Waals surface area contributed by atoms with Crippen molar-refractivity contribution >= 4 is 17.4 Å². The largest absolute Gasteiger partial charge is 0.308 e. The van der Waals surface area contributed by atoms with Crippen LogP contribution in [0.2, 0.25) is 5.02 Å². The average molecular weight is 262 g/mol. The number of benzene rings is 1. The fourth-order valence-corrected chi connectivity index (χ4v) is 1.36. The Morgan fingerprint density at radius 2 is 1.88 bits per heavy atom. The molecule has 0 aliphatic heterocycles. The number of rotatable bonds is 1. The molecule has 17 heavy (non-hydrogen) atoms. The molecule has 0 aliphatic carbocycles. The van der Waals surface area contributed by atoms with E-state index in [-0.39, 0.29) is 16.4 Å². The standard InChI is InChI=1S/C11H14ClF2N3/c1-11(2,3)16-10(17-15)6-4-9(14)7(12)5-8(6)13/h4-5H,15H2,1-3H3,(H,16,17). The normalized spacial score (nSPS) is 12.8. The molecule has 1 aromatic rings. The van der Waals surface area contributed by atoms with Gasteiger partial charge in [0.15, 0.2) is 0 Å². The van der Waals surface area contributed by atoms with Crippen molar-refractivity contribution in [3.63, 3.8) is 0 Å². The lowest BCUT2D eigenvalue weighted by Crippen LogP contribution is -2.34. The molecule has 0 aromatic heterocycles. The van der Waals surface area contributed by atoms with Gasteiger partial charge in [0.1, 0.15) is 17.5 Å². The minimum atomic E-state index is -0.722. The van der Waals surface area contributed by atoms with Gasteiger partial charge in [-0.15, -0.1) is 0 Å². The third kappa shape index (κ3) is 3.64. The van der Waals surface area contributed by atoms with Crippen molar-refractivity contribution < 1.29 is 8.78 Å². The zero-order valence-electron chi connectivity index (χ0n) is 9.81. The maximum Gasteiger partial charge on any atom is 0.146 e. The summed E-state index contributed by atoms with van der Waals surface area (Å²) in [6, 6.07) is 1.85. The summed E-state index contributed by atoms with van der Waals surface area (Å²) >= 11 is 5.46. The van der Waals surface area contributed by atoms with Gasteiger partial charge in [0.25, 0.3) is 0 Å². The number of nitrogens with zero attached hydrogens (tertiary/aromatic N) is 1. The van der Waals surface area contributed by atoms with Gasteiger partial charge >= 0.3 is 0 Å². The van der Waals surface area contributed by atoms with Crippen LogP contribution in [0.25, 0.3) is 0 Å². The summed E-state index contributed by atoms with van der Waals surface area (Å²) in [5.41, 5.74) is 1.74. The van der Waals surface area contributed by atoms with Crippen molar-refractivity contribution in [1.29, 1.82) is 0 Å². The molecule has 0 atom stereocenters. The molecule has 0 bridgehead atoms. The quantitative estimate of drug-likeness (QED) is 0.268. The van der Waals surface area contributed by atoms with Gasteiger partial charge in [-0.2, -0.15) is 0 Å². The fourth-order valence-electron chi connectivity index (χ4n) is 1.21. The SMILES string of the molecule is CC(C)(C)N=C(NN)c1cc(F)c(Cl)cc1F. The summed E-state index contributed by atoms with van der Waals surface area (Å²) in [5, 5.41) is -0.279. The molecular formula is C11H14ClF2N3. The third-order valence-corrected chi connectivity index (χ3v) is 2.14. The lowest BCUT2D eigenvalue weighted by molar-refractivity contribution is 0.574. The Morgan fingerprint density at radius 3 is 2.35 bits per heavy atom. The van der Waals surface area contributed by atoms with Gasteiger partial charge in [-0.25, -0.2) is 14.6 Å². The van der Waals surface area contributed by atoms with E-state index in [1.54, 1.807) is 0 Å². The minimum absolute atomic E-state index is 0.0516. The molecule has 0 saturated heterocycles. The molecule has 1 aromatic carbocycles. The van der Waals surface area contributed by atoms with Crippen LogP contribution in [0.5, 0.6) is 0 Å². The van der Waals surface area contributed by atoms with Crippen molar-refractivity contribution in [2.24, 2.45) is 10.8 Å². The lowest BCUT2D eigenvalue weighted by Gasteiger charge is -2.16. The molecule has 1 rings (SSSR count). The van der Waals surface area contributed by atoms with Gasteiger partial charge in [-0.1, -0.05) is 11.6 Å². The highest BCUT2D eigenvalue weighted by molar-refractivity contribution is 6.30. The first kappa shape index (κ1) is 13.9. The minimum Gasteiger partial charge on any atom is -0.308 e. The monoisotopic (exact) mass is 261 g/mol. The highest BCUT2D eigenvalue weighted by Crippen LogP contribution is 2.20. The van der Waals surface area contributed by atoms with Crippen LogP contribution in [0.1, 0.15) is 26.3 Å². The summed E-state index contributed by atoms with van der Waals surface area (Å²) in [4.78, 5) is 4.16. The molecule has 0 saturated carbocycles. The van der Waals surface area contributed by atoms with Gasteiger partial charge in [0.2, 0.25) is 0 Å². The molecule has 0 spiro atoms. The van der Waals surface area contributed by atoms with Crippen LogP contribution < -0.4 is 11.3 Å². The molecule has 6 heteroatoms. The first-order valence-electron chi connectivity index (χ1n) is 4.96. The van der Waals surface area contributed by atoms with Crippen molar-refractivity contribution in [2.45, 2.75) is 26.3 Å². The van der Waals surface area contributed by atoms with Crippen molar-refractivity contribution in [3.8, 4) is 0 Å². The van der Waals surface area contributed by atoms with Gasteiger partial charge < -0.3 is 5.43 Å². The summed E-state index contributed by atoms with van der Waals surface area (Å²) in [6.45, 7) is 5.44. The van der Waals surface area contributed by atoms with Crippen LogP contribution in [0.15, 0.2) is 17.1 Å². The zero-order valence-corrected chi connectivity index (χ0v) is 10.6. The lowest BCUT2D eigenvalue weighted by atomic mass is 10.1. The van der Waals surface area contributed by atoms with Gasteiger partial charge in [0.05, 0.1) is 16.1 Å². The Labute approximate surface area is 104 Å². The summed E-state index contributed by atoms with van der Waals surface area (Å²) in [5.74, 6) is 3.94. The third-order valence-electron chi connectivity index (χ3n) is 1.85. The van der Waals surface area contributed by atoms with E-state index < -0.39 is 17.2 Å². The van der Waals surface area contributed by atoms with Crippen LogP contribution >= 0.6 is 11.6 Å². The number of hydrogen-bond acceptors (Lipinski definition) is 2. The second-order valence-electron chi connectivity index (χ2n) is 4.52. The molecule has 0 fully saturated rings. The van der Waals surface area contributed by atoms with Gasteiger partial charge in [-0.3, -0.25) is 4.99 Å². The predicted octanol–water partition coefficient (Wildman–Crippen LogP) is 2.63. The number of nitrogens with two attached hydrogens (primary N) is 1. The van der Waals surface area contributed by atoms with Crippen LogP contribution in [0.3, 0.4) is 0 Å². The molecule has 0 aliphatic rings. The molecule has 0 amide bonds. The number of hydrazine groups is 1. The van der Waals surface area contributed by atoms with Crippen LogP contribution in [-0.4, -0.2) is 11.4 Å². The van der Waals surface area contributed by atoms with E-state index in [4.69, 9.17) is 17.4 Å². The van der Waals surface area contributed by atoms with E-state index in [1.165, 1.54) is 0 Å². The number of aliphatic imine (C=N–C) groups is 1. The molecule has 3 nitrogen and oxygen atoms in total. The first-order chi connectivity index (χ1) is 7.74. The molecule has 94 valence electrons. The van der Waals surface area contributed by atoms with E-state index in [2.05, 4.69) is 10.4 Å². The van der Waals surface area contributed by atoms with Gasteiger partial charge in [-0.05, 0) is 32.9 Å². The number of hydrogen-bond donors (Lipinski definition) is 2. The summed E-state index contributed by atoms with van der Waals surface area (Å²) < 4.78 is 26.9. The Morgan fingerprint density at radius 1 is 1.29 bits per heavy atom. The number of halogens is 3. The Kier molecular flexibility index (Phi) is 4.06. The van der Waals surface area contributed by atoms with E-state index in [0.717, 1.165) is 12.1 Å². The second-order valence-corrected chi connectivity index (χ2v) is 4.93. The topological polar surface area (TPSA) is 50.4 Å². The van der Waals surface area contributed by atoms with Crippen LogP contribution in [0.4, 0.5) is 8.78 Å². The van der Waals surface area contributed by atoms with Crippen molar-refractivity contribution in [2.75, 3.05) is 0 Å². The maximum atomic E-state index is 13.6. The van der Waals surface area contributed by atoms with Crippen LogP contribution in [0, 0.1) is 11.6 Å². The van der Waals surface area contributed by atoms with E-state index >= 15 is 0 Å². The highest BCUT2D eigenvalue weighted by Gasteiger charge is 2.16. The van der Waals surface area contributed by atoms with Crippen molar-refractivity contribution in [1.82, 2.24) is 5.43 Å². The molecule has 0 unspecified atom stereocenters. The fraction of sp³-hybridized carbons (Fsp3) is 0.364. The van der Waals surface area contributed by atoms with E-state index in [0.29, 0.717) is 0 Å². The molecule has 3 N–H and O–H groups in total. The maximum absolute atomic E-state index is 13.6. The van der Waals surface area contributed by atoms with E-state index in [9.17, 15) is 8.78 Å². The molecule has 0 heterocycles. The smallest absolute Gasteiger partial charge is 0.146 e. The molecular weight excluding hydrogens is 248 g/mol. The highest BCUT2D eigenvalue weighted by atomic mass is 35.5. The Bertz CT molecular complexity index is 453. The Hall–Kier alpha value is -1.20. The zero-order chi connectivity index (χ0) is 13.2. The Balaban J connectivity index is 3.31. The first-order valence-corrected chi connectivity index (χ1v) is 5.34. The average Bonchev–Trinajstić information content (AvgIpc) is 2.19. The van der Waals surface area contributed by atoms with Crippen LogP contribution in [-0.2, 0) is 0 Å². The summed E-state index contributed by atoms with van der Waals surface area (Å²) in [6.07, 6.45) is 0. The van der Waals surface area contributed by atoms with E-state index in [1.807, 2.05) is 20.8 Å². The predicted molar refractivity (Wildman–Crippen MR) is 65.0 cm³/mol. The summed E-state index contributed by atoms with van der Waals surface area (Å²) in [7, 11) is 0. The van der Waals surface area contributed by atoms with Crippen molar-refractivity contribution in [3.05, 3.63) is 34.4 Å². The molecule has 0 radical (unpaired) electrons.